The van der Waals surface area contributed by atoms with Gasteiger partial charge in [-0.3, -0.25) is 0 Å². The highest BCUT2D eigenvalue weighted by atomic mass is 15.3. The molecular weight excluding hydrogens is 990 g/mol. The first-order chi connectivity index (χ1) is 39.6. The standard InChI is InChI=1S/C78H72BN3/c1-74(2,3)56-39-41-67(59(46-56)53-30-17-12-18-31-53)81-70-50-64-63(75(4,5)60-34-19-20-35-61(60)76(64,6)7)49-66(70)79-65-40-38-55(52-28-15-11-16-29-52)45-69(65)80(57-33-25-32-54(44-57)51-26-13-10-14-27-51)71-47-58(48-72(81)73(71)79)82-68-37-22-21-36-62(68)77(8)42-23-24-43-78(77,82)9/h10-22,25-41,44-50H,23-24,42-43H2,1-9H3. The second-order valence-electron chi connectivity index (χ2n) is 26.8. The average Bonchev–Trinajstić information content (AvgIpc) is 3.87. The third-order valence-electron chi connectivity index (χ3n) is 20.6. The van der Waals surface area contributed by atoms with Crippen LogP contribution in [-0.2, 0) is 21.7 Å². The summed E-state index contributed by atoms with van der Waals surface area (Å²) in [5, 5.41) is 0. The van der Waals surface area contributed by atoms with E-state index in [1.807, 2.05) is 0 Å². The van der Waals surface area contributed by atoms with Crippen LogP contribution in [-0.4, -0.2) is 12.3 Å². The van der Waals surface area contributed by atoms with E-state index in [0.29, 0.717) is 0 Å². The van der Waals surface area contributed by atoms with E-state index in [9.17, 15) is 0 Å². The normalized spacial score (nSPS) is 19.5. The van der Waals surface area contributed by atoms with E-state index in [1.165, 1.54) is 136 Å². The van der Waals surface area contributed by atoms with Crippen LogP contribution in [0.5, 0.6) is 0 Å². The Morgan fingerprint density at radius 1 is 0.366 bits per heavy atom. The smallest absolute Gasteiger partial charge is 0.252 e. The molecule has 4 heteroatoms. The molecular formula is C78H72BN3. The van der Waals surface area contributed by atoms with Gasteiger partial charge < -0.3 is 14.7 Å². The molecule has 0 saturated heterocycles. The van der Waals surface area contributed by atoms with E-state index in [4.69, 9.17) is 0 Å². The van der Waals surface area contributed by atoms with E-state index in [2.05, 4.69) is 301 Å². The van der Waals surface area contributed by atoms with Gasteiger partial charge in [-0.2, -0.15) is 0 Å². The van der Waals surface area contributed by atoms with Gasteiger partial charge in [0.05, 0.1) is 11.2 Å². The number of hydrogen-bond acceptors (Lipinski definition) is 3. The minimum atomic E-state index is -0.275. The first kappa shape index (κ1) is 50.6. The SMILES string of the molecule is CC(C)(C)c1ccc(N2c3cc4c(cc3B3c5ccc(-c6ccccc6)cc5N(c5cccc(-c6ccccc6)c5)c5cc(N6c7ccccc7C7(C)CCCCC67C)cc2c53)C(C)(C)c2ccccc2C4(C)C)c(-c2ccccc2)c1. The zero-order chi connectivity index (χ0) is 56.1. The Hall–Kier alpha value is -8.34. The molecule has 0 N–H and O–H groups in total. The first-order valence-corrected chi connectivity index (χ1v) is 30.1. The van der Waals surface area contributed by atoms with Gasteiger partial charge in [0.2, 0.25) is 0 Å². The Morgan fingerprint density at radius 2 is 0.915 bits per heavy atom. The second-order valence-corrected chi connectivity index (χ2v) is 26.8. The van der Waals surface area contributed by atoms with Crippen molar-refractivity contribution in [3.05, 3.63) is 258 Å². The average molecular weight is 1060 g/mol. The van der Waals surface area contributed by atoms with Crippen molar-refractivity contribution in [1.82, 2.24) is 0 Å². The Balaban J connectivity index is 1.11. The summed E-state index contributed by atoms with van der Waals surface area (Å²) in [4.78, 5) is 8.20. The summed E-state index contributed by atoms with van der Waals surface area (Å²) >= 11 is 0. The molecule has 2 unspecified atom stereocenters. The van der Waals surface area contributed by atoms with Gasteiger partial charge in [-0.25, -0.2) is 0 Å². The fraction of sp³-hybridized carbons (Fsp3) is 0.231. The minimum Gasteiger partial charge on any atom is -0.334 e. The molecule has 15 rings (SSSR count). The lowest BCUT2D eigenvalue weighted by molar-refractivity contribution is 0.195. The van der Waals surface area contributed by atoms with Crippen molar-refractivity contribution in [3.63, 3.8) is 0 Å². The van der Waals surface area contributed by atoms with E-state index in [0.717, 1.165) is 18.5 Å². The molecule has 3 aliphatic heterocycles. The Morgan fingerprint density at radius 3 is 1.57 bits per heavy atom. The van der Waals surface area contributed by atoms with E-state index >= 15 is 0 Å². The summed E-state index contributed by atoms with van der Waals surface area (Å²) < 4.78 is 0. The van der Waals surface area contributed by atoms with Crippen LogP contribution in [0.25, 0.3) is 33.4 Å². The number of anilines is 8. The van der Waals surface area contributed by atoms with Crippen LogP contribution in [0, 0.1) is 0 Å². The van der Waals surface area contributed by atoms with Gasteiger partial charge in [0.15, 0.2) is 0 Å². The van der Waals surface area contributed by atoms with Crippen molar-refractivity contribution in [2.75, 3.05) is 14.7 Å². The van der Waals surface area contributed by atoms with Crippen LogP contribution in [0.15, 0.2) is 224 Å². The highest BCUT2D eigenvalue weighted by Gasteiger charge is 2.58. The number of nitrogens with zero attached hydrogens (tertiary/aromatic N) is 3. The molecule has 10 aromatic carbocycles. The molecule has 0 aromatic heterocycles. The lowest BCUT2D eigenvalue weighted by Gasteiger charge is -2.51. The van der Waals surface area contributed by atoms with Crippen molar-refractivity contribution in [2.45, 2.75) is 115 Å². The summed E-state index contributed by atoms with van der Waals surface area (Å²) in [6, 6.07) is 86.5. The van der Waals surface area contributed by atoms with Gasteiger partial charge in [-0.1, -0.05) is 238 Å². The van der Waals surface area contributed by atoms with Gasteiger partial charge in [0.25, 0.3) is 6.71 Å². The van der Waals surface area contributed by atoms with E-state index in [1.54, 1.807) is 0 Å². The molecule has 10 aromatic rings. The second kappa shape index (κ2) is 18.1. The van der Waals surface area contributed by atoms with Gasteiger partial charge >= 0.3 is 0 Å². The number of para-hydroxylation sites is 1. The van der Waals surface area contributed by atoms with Gasteiger partial charge in [-0.05, 0) is 157 Å². The van der Waals surface area contributed by atoms with Crippen molar-refractivity contribution >= 4 is 68.6 Å². The van der Waals surface area contributed by atoms with Crippen molar-refractivity contribution in [2.24, 2.45) is 0 Å². The summed E-state index contributed by atoms with van der Waals surface area (Å²) in [5.74, 6) is 0. The van der Waals surface area contributed by atoms with Crippen LogP contribution in [0.1, 0.15) is 121 Å². The third kappa shape index (κ3) is 7.28. The lowest BCUT2D eigenvalue weighted by Crippen LogP contribution is -2.62. The summed E-state index contributed by atoms with van der Waals surface area (Å²) in [6.45, 7) is 22.0. The molecule has 0 bridgehead atoms. The molecule has 3 nitrogen and oxygen atoms in total. The third-order valence-corrected chi connectivity index (χ3v) is 20.6. The maximum atomic E-state index is 2.81. The molecule has 1 saturated carbocycles. The number of rotatable bonds is 6. The van der Waals surface area contributed by atoms with Crippen LogP contribution >= 0.6 is 0 Å². The molecule has 402 valence electrons. The number of benzene rings is 10. The molecule has 82 heavy (non-hydrogen) atoms. The summed E-state index contributed by atoms with van der Waals surface area (Å²) in [5.41, 5.74) is 28.6. The van der Waals surface area contributed by atoms with Crippen molar-refractivity contribution in [3.8, 4) is 33.4 Å². The maximum absolute atomic E-state index is 2.81. The highest BCUT2D eigenvalue weighted by Crippen LogP contribution is 2.62. The predicted octanol–water partition coefficient (Wildman–Crippen LogP) is 18.8. The molecule has 0 amide bonds. The van der Waals surface area contributed by atoms with E-state index < -0.39 is 0 Å². The topological polar surface area (TPSA) is 9.72 Å². The van der Waals surface area contributed by atoms with Crippen LogP contribution in [0.3, 0.4) is 0 Å². The highest BCUT2D eigenvalue weighted by molar-refractivity contribution is 7.00. The zero-order valence-electron chi connectivity index (χ0n) is 49.1. The minimum absolute atomic E-state index is 0.0400. The van der Waals surface area contributed by atoms with Crippen LogP contribution in [0.2, 0.25) is 0 Å². The Labute approximate surface area is 487 Å². The molecule has 3 heterocycles. The predicted molar refractivity (Wildman–Crippen MR) is 349 cm³/mol. The fourth-order valence-corrected chi connectivity index (χ4v) is 16.0. The molecule has 1 fully saturated rings. The van der Waals surface area contributed by atoms with Gasteiger partial charge in [0.1, 0.15) is 0 Å². The lowest BCUT2D eigenvalue weighted by atomic mass is 9.33. The fourth-order valence-electron chi connectivity index (χ4n) is 16.0. The van der Waals surface area contributed by atoms with Gasteiger partial charge in [-0.15, -0.1) is 0 Å². The molecule has 2 aliphatic carbocycles. The van der Waals surface area contributed by atoms with Crippen molar-refractivity contribution in [1.29, 1.82) is 0 Å². The molecule has 2 atom stereocenters. The van der Waals surface area contributed by atoms with Crippen LogP contribution < -0.4 is 31.1 Å². The largest absolute Gasteiger partial charge is 0.334 e. The summed E-state index contributed by atoms with van der Waals surface area (Å²) in [6.07, 6.45) is 4.70. The molecule has 0 radical (unpaired) electrons. The maximum Gasteiger partial charge on any atom is 0.252 e. The van der Waals surface area contributed by atoms with Gasteiger partial charge in [0, 0.05) is 61.6 Å². The molecule has 5 aliphatic rings. The number of hydrogen-bond donors (Lipinski definition) is 0. The first-order valence-electron chi connectivity index (χ1n) is 30.1. The Bertz CT molecular complexity index is 4210. The Kier molecular flexibility index (Phi) is 11.2. The molecule has 0 spiro atoms. The summed E-state index contributed by atoms with van der Waals surface area (Å²) in [7, 11) is 0. The zero-order valence-corrected chi connectivity index (χ0v) is 49.1. The number of fused-ring (bicyclic) bond motifs is 9. The van der Waals surface area contributed by atoms with E-state index in [-0.39, 0.29) is 33.9 Å². The van der Waals surface area contributed by atoms with Crippen LogP contribution in [0.4, 0.5) is 45.5 Å². The monoisotopic (exact) mass is 1060 g/mol. The quantitative estimate of drug-likeness (QED) is 0.154. The van der Waals surface area contributed by atoms with Crippen molar-refractivity contribution < 1.29 is 0 Å².